The first-order chi connectivity index (χ1) is 12.5. The second-order valence-corrected chi connectivity index (χ2v) is 6.43. The number of hydrogen-bond donors (Lipinski definition) is 0. The van der Waals surface area contributed by atoms with Gasteiger partial charge in [-0.15, -0.1) is 0 Å². The van der Waals surface area contributed by atoms with Gasteiger partial charge in [-0.2, -0.15) is 0 Å². The normalized spacial score (nSPS) is 11.1. The fraction of sp³-hybridized carbons (Fsp3) is 0.0870. The Kier molecular flexibility index (Phi) is 4.00. The summed E-state index contributed by atoms with van der Waals surface area (Å²) in [5.74, 6) is -0.498. The molecule has 0 saturated heterocycles. The minimum absolute atomic E-state index is 0.238. The van der Waals surface area contributed by atoms with Crippen molar-refractivity contribution < 1.29 is 8.78 Å². The van der Waals surface area contributed by atoms with Crippen molar-refractivity contribution in [1.29, 1.82) is 0 Å². The number of aryl methyl sites for hydroxylation is 1. The third kappa shape index (κ3) is 2.76. The van der Waals surface area contributed by atoms with Crippen LogP contribution in [-0.4, -0.2) is 4.98 Å². The van der Waals surface area contributed by atoms with Gasteiger partial charge in [0, 0.05) is 16.5 Å². The summed E-state index contributed by atoms with van der Waals surface area (Å²) in [5.41, 5.74) is 6.02. The summed E-state index contributed by atoms with van der Waals surface area (Å²) in [7, 11) is 0. The predicted molar refractivity (Wildman–Crippen MR) is 102 cm³/mol. The van der Waals surface area contributed by atoms with Gasteiger partial charge >= 0.3 is 0 Å². The maximum Gasteiger partial charge on any atom is 0.131 e. The minimum Gasteiger partial charge on any atom is -0.247 e. The van der Waals surface area contributed by atoms with Crippen LogP contribution in [0.2, 0.25) is 0 Å². The molecule has 3 heteroatoms. The molecule has 0 fully saturated rings. The first-order valence-corrected chi connectivity index (χ1v) is 8.46. The molecule has 1 nitrogen and oxygen atoms in total. The minimum atomic E-state index is -0.260. The summed E-state index contributed by atoms with van der Waals surface area (Å²) in [5, 5.41) is 0.828. The second kappa shape index (κ2) is 6.34. The summed E-state index contributed by atoms with van der Waals surface area (Å²) >= 11 is 0. The molecule has 1 aromatic heterocycles. The van der Waals surface area contributed by atoms with E-state index in [1.165, 1.54) is 18.2 Å². The Hall–Kier alpha value is -3.07. The molecule has 0 aliphatic carbocycles. The Morgan fingerprint density at radius 3 is 2.15 bits per heavy atom. The van der Waals surface area contributed by atoms with E-state index in [0.29, 0.717) is 5.56 Å². The molecule has 0 saturated carbocycles. The first-order valence-electron chi connectivity index (χ1n) is 8.46. The van der Waals surface area contributed by atoms with Crippen LogP contribution in [-0.2, 0) is 0 Å². The quantitative estimate of drug-likeness (QED) is 0.406. The SMILES string of the molecule is Cc1c(-c2ccc(-c3ccccc3F)cc2)nc2ccc(F)cc2c1C. The topological polar surface area (TPSA) is 12.9 Å². The van der Waals surface area contributed by atoms with Crippen LogP contribution in [0.1, 0.15) is 11.1 Å². The highest BCUT2D eigenvalue weighted by atomic mass is 19.1. The van der Waals surface area contributed by atoms with Gasteiger partial charge in [-0.25, -0.2) is 13.8 Å². The maximum absolute atomic E-state index is 14.0. The molecule has 128 valence electrons. The molecule has 0 N–H and O–H groups in total. The van der Waals surface area contributed by atoms with Crippen LogP contribution >= 0.6 is 0 Å². The van der Waals surface area contributed by atoms with Crippen molar-refractivity contribution in [3.63, 3.8) is 0 Å². The van der Waals surface area contributed by atoms with Crippen LogP contribution in [0.5, 0.6) is 0 Å². The Bertz CT molecular complexity index is 1120. The number of halogens is 2. The molecule has 0 bridgehead atoms. The lowest BCUT2D eigenvalue weighted by molar-refractivity contribution is 0.629. The number of aromatic nitrogens is 1. The zero-order valence-corrected chi connectivity index (χ0v) is 14.6. The van der Waals surface area contributed by atoms with Gasteiger partial charge in [0.15, 0.2) is 0 Å². The number of pyridine rings is 1. The molecule has 0 atom stereocenters. The monoisotopic (exact) mass is 345 g/mol. The van der Waals surface area contributed by atoms with Crippen molar-refractivity contribution in [2.75, 3.05) is 0 Å². The van der Waals surface area contributed by atoms with E-state index in [1.807, 2.05) is 44.2 Å². The Morgan fingerprint density at radius 2 is 1.42 bits per heavy atom. The lowest BCUT2D eigenvalue weighted by Gasteiger charge is -2.12. The van der Waals surface area contributed by atoms with Crippen molar-refractivity contribution in [1.82, 2.24) is 4.98 Å². The van der Waals surface area contributed by atoms with Gasteiger partial charge in [0.2, 0.25) is 0 Å². The van der Waals surface area contributed by atoms with E-state index < -0.39 is 0 Å². The van der Waals surface area contributed by atoms with Gasteiger partial charge in [-0.3, -0.25) is 0 Å². The highest BCUT2D eigenvalue weighted by Crippen LogP contribution is 2.31. The third-order valence-electron chi connectivity index (χ3n) is 4.86. The maximum atomic E-state index is 14.0. The molecule has 0 radical (unpaired) electrons. The van der Waals surface area contributed by atoms with Crippen molar-refractivity contribution in [3.8, 4) is 22.4 Å². The van der Waals surface area contributed by atoms with Crippen LogP contribution in [0.4, 0.5) is 8.78 Å². The largest absolute Gasteiger partial charge is 0.247 e. The number of hydrogen-bond acceptors (Lipinski definition) is 1. The van der Waals surface area contributed by atoms with Crippen LogP contribution < -0.4 is 0 Å². The molecule has 0 spiro atoms. The smallest absolute Gasteiger partial charge is 0.131 e. The van der Waals surface area contributed by atoms with Crippen LogP contribution in [0.15, 0.2) is 66.7 Å². The highest BCUT2D eigenvalue weighted by molar-refractivity contribution is 5.87. The third-order valence-corrected chi connectivity index (χ3v) is 4.86. The molecular weight excluding hydrogens is 328 g/mol. The number of benzene rings is 3. The highest BCUT2D eigenvalue weighted by Gasteiger charge is 2.12. The second-order valence-electron chi connectivity index (χ2n) is 6.43. The number of nitrogens with zero attached hydrogens (tertiary/aromatic N) is 1. The Morgan fingerprint density at radius 1 is 0.731 bits per heavy atom. The van der Waals surface area contributed by atoms with Crippen molar-refractivity contribution in [2.24, 2.45) is 0 Å². The van der Waals surface area contributed by atoms with Gasteiger partial charge in [0.05, 0.1) is 11.2 Å². The molecule has 0 amide bonds. The molecule has 4 rings (SSSR count). The lowest BCUT2D eigenvalue weighted by atomic mass is 9.97. The molecule has 0 aliphatic rings. The van der Waals surface area contributed by atoms with Gasteiger partial charge in [-0.1, -0.05) is 42.5 Å². The summed E-state index contributed by atoms with van der Waals surface area (Å²) in [6.07, 6.45) is 0. The molecule has 4 aromatic rings. The van der Waals surface area contributed by atoms with Gasteiger partial charge in [0.25, 0.3) is 0 Å². The average Bonchev–Trinajstić information content (AvgIpc) is 2.66. The zero-order valence-electron chi connectivity index (χ0n) is 14.6. The molecule has 1 heterocycles. The fourth-order valence-corrected chi connectivity index (χ4v) is 3.27. The van der Waals surface area contributed by atoms with Gasteiger partial charge < -0.3 is 0 Å². The van der Waals surface area contributed by atoms with E-state index in [4.69, 9.17) is 4.98 Å². The Balaban J connectivity index is 1.82. The molecular formula is C23H17F2N. The van der Waals surface area contributed by atoms with Crippen molar-refractivity contribution in [3.05, 3.63) is 89.5 Å². The van der Waals surface area contributed by atoms with E-state index in [1.54, 1.807) is 18.2 Å². The van der Waals surface area contributed by atoms with E-state index >= 15 is 0 Å². The predicted octanol–water partition coefficient (Wildman–Crippen LogP) is 6.46. The van der Waals surface area contributed by atoms with E-state index in [-0.39, 0.29) is 11.6 Å². The number of rotatable bonds is 2. The molecule has 3 aromatic carbocycles. The standard InChI is InChI=1S/C23H17F2N/c1-14-15(2)23(26-22-12-11-18(24)13-20(14)22)17-9-7-16(8-10-17)19-5-3-4-6-21(19)25/h3-13H,1-2H3. The van der Waals surface area contributed by atoms with Crippen molar-refractivity contribution in [2.45, 2.75) is 13.8 Å². The summed E-state index contributed by atoms with van der Waals surface area (Å²) in [6.45, 7) is 3.97. The summed E-state index contributed by atoms with van der Waals surface area (Å²) < 4.78 is 27.5. The van der Waals surface area contributed by atoms with E-state index in [2.05, 4.69) is 0 Å². The fourth-order valence-electron chi connectivity index (χ4n) is 3.27. The number of fused-ring (bicyclic) bond motifs is 1. The lowest BCUT2D eigenvalue weighted by Crippen LogP contribution is -1.95. The average molecular weight is 345 g/mol. The molecule has 26 heavy (non-hydrogen) atoms. The van der Waals surface area contributed by atoms with Crippen molar-refractivity contribution >= 4 is 10.9 Å². The van der Waals surface area contributed by atoms with Crippen LogP contribution in [0.3, 0.4) is 0 Å². The summed E-state index contributed by atoms with van der Waals surface area (Å²) in [6, 6.07) is 19.1. The van der Waals surface area contributed by atoms with E-state index in [9.17, 15) is 8.78 Å². The molecule has 0 unspecified atom stereocenters. The van der Waals surface area contributed by atoms with Crippen LogP contribution in [0.25, 0.3) is 33.3 Å². The Labute approximate surface area is 151 Å². The first kappa shape index (κ1) is 16.4. The van der Waals surface area contributed by atoms with Gasteiger partial charge in [0.1, 0.15) is 11.6 Å². The van der Waals surface area contributed by atoms with E-state index in [0.717, 1.165) is 38.9 Å². The zero-order chi connectivity index (χ0) is 18.3. The summed E-state index contributed by atoms with van der Waals surface area (Å²) in [4.78, 5) is 4.73. The molecule has 0 aliphatic heterocycles. The van der Waals surface area contributed by atoms with Crippen LogP contribution in [0, 0.1) is 25.5 Å². The van der Waals surface area contributed by atoms with Gasteiger partial charge in [-0.05, 0) is 54.8 Å².